The van der Waals surface area contributed by atoms with Gasteiger partial charge in [-0.2, -0.15) is 11.8 Å². The van der Waals surface area contributed by atoms with Gasteiger partial charge in [-0.15, -0.1) is 0 Å². The van der Waals surface area contributed by atoms with E-state index in [2.05, 4.69) is 42.3 Å². The molecule has 1 rings (SSSR count). The van der Waals surface area contributed by atoms with Crippen LogP contribution in [-0.2, 0) is 0 Å². The Bertz CT molecular complexity index is 215. The fourth-order valence-electron chi connectivity index (χ4n) is 3.09. The maximum Gasteiger partial charge on any atom is 0.0254 e. The molecule has 0 saturated carbocycles. The Hall–Kier alpha value is 0.230. The lowest BCUT2D eigenvalue weighted by molar-refractivity contribution is 0.152. The van der Waals surface area contributed by atoms with Gasteiger partial charge in [-0.3, -0.25) is 4.90 Å². The summed E-state index contributed by atoms with van der Waals surface area (Å²) in [6.07, 6.45) is 2.63. The molecule has 1 aliphatic heterocycles. The van der Waals surface area contributed by atoms with Crippen molar-refractivity contribution in [3.05, 3.63) is 0 Å². The molecule has 3 nitrogen and oxygen atoms in total. The normalized spacial score (nSPS) is 21.5. The van der Waals surface area contributed by atoms with Crippen LogP contribution in [0.15, 0.2) is 0 Å². The summed E-state index contributed by atoms with van der Waals surface area (Å²) in [7, 11) is 0. The second kappa shape index (κ2) is 10.0. The summed E-state index contributed by atoms with van der Waals surface area (Å²) in [4.78, 5) is 5.14. The van der Waals surface area contributed by atoms with Crippen molar-refractivity contribution < 1.29 is 0 Å². The smallest absolute Gasteiger partial charge is 0.0254 e. The molecule has 1 aliphatic rings. The Labute approximate surface area is 124 Å². The van der Waals surface area contributed by atoms with E-state index in [4.69, 9.17) is 5.73 Å². The third kappa shape index (κ3) is 5.62. The first-order valence-corrected chi connectivity index (χ1v) is 9.16. The average Bonchev–Trinajstić information content (AvgIpc) is 2.96. The van der Waals surface area contributed by atoms with Crippen molar-refractivity contribution in [3.8, 4) is 0 Å². The fraction of sp³-hybridized carbons (Fsp3) is 1.00. The van der Waals surface area contributed by atoms with E-state index in [9.17, 15) is 0 Å². The van der Waals surface area contributed by atoms with Crippen LogP contribution in [0.1, 0.15) is 33.6 Å². The first kappa shape index (κ1) is 17.3. The Kier molecular flexibility index (Phi) is 9.12. The minimum Gasteiger partial charge on any atom is -0.329 e. The van der Waals surface area contributed by atoms with E-state index < -0.39 is 0 Å². The van der Waals surface area contributed by atoms with Gasteiger partial charge in [-0.25, -0.2) is 0 Å². The van der Waals surface area contributed by atoms with Crippen LogP contribution < -0.4 is 5.73 Å². The molecule has 0 radical (unpaired) electrons. The Balaban J connectivity index is 2.37. The van der Waals surface area contributed by atoms with Gasteiger partial charge in [-0.05, 0) is 63.0 Å². The number of nitrogens with two attached hydrogens (primary N) is 1. The van der Waals surface area contributed by atoms with Gasteiger partial charge in [0.2, 0.25) is 0 Å². The molecule has 1 saturated heterocycles. The summed E-state index contributed by atoms with van der Waals surface area (Å²) in [6, 6.07) is 0.608. The summed E-state index contributed by atoms with van der Waals surface area (Å²) >= 11 is 2.10. The summed E-state index contributed by atoms with van der Waals surface area (Å²) in [5.74, 6) is 3.47. The predicted molar refractivity (Wildman–Crippen MR) is 87.9 cm³/mol. The van der Waals surface area contributed by atoms with Gasteiger partial charge in [0.15, 0.2) is 0 Å². The molecule has 2 N–H and O–H groups in total. The highest BCUT2D eigenvalue weighted by atomic mass is 32.2. The van der Waals surface area contributed by atoms with Crippen LogP contribution in [0, 0.1) is 5.92 Å². The van der Waals surface area contributed by atoms with Gasteiger partial charge in [-0.1, -0.05) is 20.8 Å². The SMILES string of the molecule is CCN(CC)CCCN(CC)C(CN)C1CCSC1. The Morgan fingerprint density at radius 1 is 1.16 bits per heavy atom. The summed E-state index contributed by atoms with van der Waals surface area (Å²) in [5, 5.41) is 0. The van der Waals surface area contributed by atoms with Crippen LogP contribution in [0.5, 0.6) is 0 Å². The zero-order valence-electron chi connectivity index (χ0n) is 13.1. The zero-order valence-corrected chi connectivity index (χ0v) is 13.9. The molecule has 114 valence electrons. The topological polar surface area (TPSA) is 32.5 Å². The van der Waals surface area contributed by atoms with Crippen molar-refractivity contribution in [2.75, 3.05) is 50.8 Å². The minimum atomic E-state index is 0.608. The number of thioether (sulfide) groups is 1. The molecule has 19 heavy (non-hydrogen) atoms. The second-order valence-corrected chi connectivity index (χ2v) is 6.59. The maximum atomic E-state index is 6.05. The van der Waals surface area contributed by atoms with Crippen LogP contribution in [-0.4, -0.2) is 66.6 Å². The molecule has 1 fully saturated rings. The molecule has 0 bridgehead atoms. The van der Waals surface area contributed by atoms with Crippen molar-refractivity contribution >= 4 is 11.8 Å². The van der Waals surface area contributed by atoms with Crippen LogP contribution in [0.3, 0.4) is 0 Å². The Morgan fingerprint density at radius 2 is 1.89 bits per heavy atom. The number of nitrogens with zero attached hydrogens (tertiary/aromatic N) is 2. The van der Waals surface area contributed by atoms with Crippen molar-refractivity contribution in [1.29, 1.82) is 0 Å². The van der Waals surface area contributed by atoms with Crippen molar-refractivity contribution in [3.63, 3.8) is 0 Å². The van der Waals surface area contributed by atoms with Gasteiger partial charge < -0.3 is 10.6 Å². The first-order valence-electron chi connectivity index (χ1n) is 8.00. The number of likely N-dealkylation sites (N-methyl/N-ethyl adjacent to an activating group) is 1. The van der Waals surface area contributed by atoms with Crippen molar-refractivity contribution in [2.45, 2.75) is 39.7 Å². The quantitative estimate of drug-likeness (QED) is 0.667. The van der Waals surface area contributed by atoms with E-state index in [0.29, 0.717) is 6.04 Å². The monoisotopic (exact) mass is 287 g/mol. The summed E-state index contributed by atoms with van der Waals surface area (Å²) in [6.45, 7) is 13.5. The molecule has 0 aromatic rings. The van der Waals surface area contributed by atoms with Crippen molar-refractivity contribution in [2.24, 2.45) is 11.7 Å². The van der Waals surface area contributed by atoms with Crippen LogP contribution in [0.2, 0.25) is 0 Å². The standard InChI is InChI=1S/C15H33N3S/c1-4-17(5-2)9-7-10-18(6-3)15(12-16)14-8-11-19-13-14/h14-15H,4-13,16H2,1-3H3. The third-order valence-electron chi connectivity index (χ3n) is 4.44. The average molecular weight is 288 g/mol. The second-order valence-electron chi connectivity index (χ2n) is 5.44. The lowest BCUT2D eigenvalue weighted by atomic mass is 9.97. The maximum absolute atomic E-state index is 6.05. The summed E-state index contributed by atoms with van der Waals surface area (Å²) < 4.78 is 0. The minimum absolute atomic E-state index is 0.608. The molecular formula is C15H33N3S. The van der Waals surface area contributed by atoms with Crippen LogP contribution in [0.25, 0.3) is 0 Å². The van der Waals surface area contributed by atoms with Gasteiger partial charge in [0.1, 0.15) is 0 Å². The fourth-order valence-corrected chi connectivity index (χ4v) is 4.42. The van der Waals surface area contributed by atoms with Gasteiger partial charge in [0.05, 0.1) is 0 Å². The summed E-state index contributed by atoms with van der Waals surface area (Å²) in [5.41, 5.74) is 6.05. The molecule has 0 aromatic carbocycles. The largest absolute Gasteiger partial charge is 0.329 e. The molecule has 4 heteroatoms. The molecule has 2 unspecified atom stereocenters. The number of hydrogen-bond donors (Lipinski definition) is 1. The van der Waals surface area contributed by atoms with Gasteiger partial charge in [0.25, 0.3) is 0 Å². The highest BCUT2D eigenvalue weighted by Gasteiger charge is 2.28. The van der Waals surface area contributed by atoms with Gasteiger partial charge in [0, 0.05) is 12.6 Å². The molecular weight excluding hydrogens is 254 g/mol. The molecule has 0 aromatic heterocycles. The number of rotatable bonds is 10. The highest BCUT2D eigenvalue weighted by Crippen LogP contribution is 2.28. The highest BCUT2D eigenvalue weighted by molar-refractivity contribution is 7.99. The molecule has 0 spiro atoms. The number of hydrogen-bond acceptors (Lipinski definition) is 4. The van der Waals surface area contributed by atoms with Crippen molar-refractivity contribution in [1.82, 2.24) is 9.80 Å². The van der Waals surface area contributed by atoms with E-state index in [1.54, 1.807) is 0 Å². The van der Waals surface area contributed by atoms with E-state index >= 15 is 0 Å². The van der Waals surface area contributed by atoms with E-state index in [0.717, 1.165) is 19.0 Å². The predicted octanol–water partition coefficient (Wildman–Crippen LogP) is 2.12. The van der Waals surface area contributed by atoms with E-state index in [-0.39, 0.29) is 0 Å². The van der Waals surface area contributed by atoms with E-state index in [1.165, 1.54) is 50.5 Å². The lowest BCUT2D eigenvalue weighted by Gasteiger charge is -2.34. The molecule has 0 amide bonds. The lowest BCUT2D eigenvalue weighted by Crippen LogP contribution is -2.46. The molecule has 2 atom stereocenters. The zero-order chi connectivity index (χ0) is 14.1. The van der Waals surface area contributed by atoms with Crippen LogP contribution >= 0.6 is 11.8 Å². The Morgan fingerprint density at radius 3 is 2.37 bits per heavy atom. The first-order chi connectivity index (χ1) is 9.26. The third-order valence-corrected chi connectivity index (χ3v) is 5.63. The molecule has 1 heterocycles. The van der Waals surface area contributed by atoms with E-state index in [1.807, 2.05) is 0 Å². The van der Waals surface area contributed by atoms with Crippen LogP contribution in [0.4, 0.5) is 0 Å². The van der Waals surface area contributed by atoms with Gasteiger partial charge >= 0.3 is 0 Å². The molecule has 0 aliphatic carbocycles.